The Bertz CT molecular complexity index is 393. The first-order valence-corrected chi connectivity index (χ1v) is 8.32. The maximum absolute atomic E-state index is 4.59. The third kappa shape index (κ3) is 7.36. The van der Waals surface area contributed by atoms with Gasteiger partial charge >= 0.3 is 0 Å². The fourth-order valence-corrected chi connectivity index (χ4v) is 2.65. The fourth-order valence-electron chi connectivity index (χ4n) is 1.48. The maximum Gasteiger partial charge on any atom is 0.191 e. The van der Waals surface area contributed by atoms with Gasteiger partial charge in [-0.2, -0.15) is 11.8 Å². The van der Waals surface area contributed by atoms with Crippen molar-refractivity contribution in [1.29, 1.82) is 0 Å². The fraction of sp³-hybridized carbons (Fsp3) is 0.667. The minimum Gasteiger partial charge on any atom is -0.357 e. The highest BCUT2D eigenvalue weighted by molar-refractivity contribution is 14.0. The minimum absolute atomic E-state index is 0. The van der Waals surface area contributed by atoms with Gasteiger partial charge in [0.1, 0.15) is 0 Å². The molecule has 0 saturated heterocycles. The second-order valence-corrected chi connectivity index (χ2v) is 6.13. The predicted octanol–water partition coefficient (Wildman–Crippen LogP) is 2.80. The number of thiazole rings is 1. The number of guanidine groups is 1. The van der Waals surface area contributed by atoms with E-state index in [-0.39, 0.29) is 24.0 Å². The first-order valence-electron chi connectivity index (χ1n) is 6.11. The molecule has 19 heavy (non-hydrogen) atoms. The van der Waals surface area contributed by atoms with Crippen LogP contribution in [0.4, 0.5) is 0 Å². The van der Waals surface area contributed by atoms with Crippen LogP contribution in [0, 0.1) is 13.8 Å². The van der Waals surface area contributed by atoms with Gasteiger partial charge in [-0.1, -0.05) is 0 Å². The molecule has 7 heteroatoms. The van der Waals surface area contributed by atoms with Crippen LogP contribution >= 0.6 is 47.1 Å². The van der Waals surface area contributed by atoms with Crippen molar-refractivity contribution in [2.75, 3.05) is 25.1 Å². The third-order valence-corrected chi connectivity index (χ3v) is 3.99. The van der Waals surface area contributed by atoms with Gasteiger partial charge in [-0.3, -0.25) is 0 Å². The Morgan fingerprint density at radius 1 is 1.37 bits per heavy atom. The predicted molar refractivity (Wildman–Crippen MR) is 98.2 cm³/mol. The summed E-state index contributed by atoms with van der Waals surface area (Å²) < 4.78 is 0. The van der Waals surface area contributed by atoms with E-state index in [9.17, 15) is 0 Å². The number of halogens is 1. The summed E-state index contributed by atoms with van der Waals surface area (Å²) in [5.74, 6) is 1.97. The lowest BCUT2D eigenvalue weighted by Gasteiger charge is -2.10. The van der Waals surface area contributed by atoms with Gasteiger partial charge < -0.3 is 10.6 Å². The van der Waals surface area contributed by atoms with Crippen molar-refractivity contribution in [3.8, 4) is 0 Å². The topological polar surface area (TPSA) is 49.3 Å². The van der Waals surface area contributed by atoms with E-state index in [1.165, 1.54) is 4.88 Å². The molecule has 1 aromatic rings. The molecule has 0 bridgehead atoms. The Labute approximate surface area is 141 Å². The Balaban J connectivity index is 0.00000324. The summed E-state index contributed by atoms with van der Waals surface area (Å²) in [7, 11) is 0. The average molecular weight is 414 g/mol. The van der Waals surface area contributed by atoms with Crippen LogP contribution in [0.1, 0.15) is 22.5 Å². The van der Waals surface area contributed by atoms with Crippen LogP contribution in [0.5, 0.6) is 0 Å². The Kier molecular flexibility index (Phi) is 10.7. The highest BCUT2D eigenvalue weighted by atomic mass is 127. The molecule has 0 aromatic carbocycles. The van der Waals surface area contributed by atoms with E-state index in [0.29, 0.717) is 6.54 Å². The van der Waals surface area contributed by atoms with Crippen molar-refractivity contribution < 1.29 is 0 Å². The Hall–Kier alpha value is -0.0200. The lowest BCUT2D eigenvalue weighted by molar-refractivity contribution is 0.844. The zero-order valence-electron chi connectivity index (χ0n) is 11.9. The van der Waals surface area contributed by atoms with E-state index in [1.54, 1.807) is 11.3 Å². The number of aromatic nitrogens is 1. The van der Waals surface area contributed by atoms with Crippen LogP contribution in [0.3, 0.4) is 0 Å². The second-order valence-electron chi connectivity index (χ2n) is 3.86. The average Bonchev–Trinajstić information content (AvgIpc) is 2.65. The van der Waals surface area contributed by atoms with Crippen molar-refractivity contribution in [2.24, 2.45) is 4.99 Å². The van der Waals surface area contributed by atoms with Crippen molar-refractivity contribution in [1.82, 2.24) is 15.6 Å². The Morgan fingerprint density at radius 3 is 2.63 bits per heavy atom. The monoisotopic (exact) mass is 414 g/mol. The molecule has 0 radical (unpaired) electrons. The van der Waals surface area contributed by atoms with Gasteiger partial charge in [0.2, 0.25) is 0 Å². The van der Waals surface area contributed by atoms with E-state index in [0.717, 1.165) is 35.5 Å². The molecular weight excluding hydrogens is 391 g/mol. The van der Waals surface area contributed by atoms with Crippen molar-refractivity contribution in [3.63, 3.8) is 0 Å². The summed E-state index contributed by atoms with van der Waals surface area (Å²) >= 11 is 3.55. The van der Waals surface area contributed by atoms with E-state index < -0.39 is 0 Å². The molecule has 0 aliphatic rings. The summed E-state index contributed by atoms with van der Waals surface area (Å²) in [6.07, 6.45) is 2.11. The number of hydrogen-bond donors (Lipinski definition) is 2. The summed E-state index contributed by atoms with van der Waals surface area (Å²) in [5.41, 5.74) is 1.10. The van der Waals surface area contributed by atoms with Crippen LogP contribution in [0.2, 0.25) is 0 Å². The molecule has 1 rings (SSSR count). The van der Waals surface area contributed by atoms with Gasteiger partial charge in [0.05, 0.1) is 17.2 Å². The zero-order valence-corrected chi connectivity index (χ0v) is 15.9. The molecule has 0 saturated carbocycles. The van der Waals surface area contributed by atoms with Gasteiger partial charge in [0.25, 0.3) is 0 Å². The standard InChI is InChI=1S/C12H22N4S2.HI/c1-5-13-12(14-6-7-17-4)15-8-11-9(2)16-10(3)18-11;/h5-8H2,1-4H3,(H2,13,14,15);1H. The summed E-state index contributed by atoms with van der Waals surface area (Å²) in [4.78, 5) is 10.2. The molecule has 0 spiro atoms. The van der Waals surface area contributed by atoms with Gasteiger partial charge in [0.15, 0.2) is 5.96 Å². The number of hydrogen-bond acceptors (Lipinski definition) is 4. The van der Waals surface area contributed by atoms with E-state index in [4.69, 9.17) is 0 Å². The lowest BCUT2D eigenvalue weighted by atomic mass is 10.4. The van der Waals surface area contributed by atoms with E-state index in [1.807, 2.05) is 25.6 Å². The van der Waals surface area contributed by atoms with Crippen LogP contribution in [0.25, 0.3) is 0 Å². The van der Waals surface area contributed by atoms with Crippen molar-refractivity contribution in [3.05, 3.63) is 15.6 Å². The number of thioether (sulfide) groups is 1. The molecule has 0 amide bonds. The molecular formula is C12H23IN4S2. The highest BCUT2D eigenvalue weighted by Crippen LogP contribution is 2.17. The first-order chi connectivity index (χ1) is 8.67. The molecule has 110 valence electrons. The number of nitrogens with zero attached hydrogens (tertiary/aromatic N) is 2. The largest absolute Gasteiger partial charge is 0.357 e. The first kappa shape index (κ1) is 19.0. The van der Waals surface area contributed by atoms with Crippen LogP contribution < -0.4 is 10.6 Å². The van der Waals surface area contributed by atoms with Crippen LogP contribution in [-0.4, -0.2) is 36.0 Å². The van der Waals surface area contributed by atoms with Gasteiger partial charge in [0, 0.05) is 23.7 Å². The van der Waals surface area contributed by atoms with Crippen LogP contribution in [-0.2, 0) is 6.54 Å². The van der Waals surface area contributed by atoms with Crippen molar-refractivity contribution >= 4 is 53.0 Å². The molecule has 2 N–H and O–H groups in total. The number of aryl methyl sites for hydroxylation is 2. The minimum atomic E-state index is 0. The summed E-state index contributed by atoms with van der Waals surface area (Å²) in [5, 5.41) is 7.68. The zero-order chi connectivity index (χ0) is 13.4. The van der Waals surface area contributed by atoms with Crippen molar-refractivity contribution in [2.45, 2.75) is 27.3 Å². The molecule has 1 aromatic heterocycles. The second kappa shape index (κ2) is 10.7. The Morgan fingerprint density at radius 2 is 2.11 bits per heavy atom. The van der Waals surface area contributed by atoms with Gasteiger partial charge in [-0.15, -0.1) is 35.3 Å². The molecule has 0 aliphatic heterocycles. The normalized spacial score (nSPS) is 11.1. The van der Waals surface area contributed by atoms with E-state index in [2.05, 4.69) is 33.8 Å². The quantitative estimate of drug-likeness (QED) is 0.325. The van der Waals surface area contributed by atoms with Crippen LogP contribution in [0.15, 0.2) is 4.99 Å². The number of nitrogens with one attached hydrogen (secondary N) is 2. The maximum atomic E-state index is 4.59. The van der Waals surface area contributed by atoms with E-state index >= 15 is 0 Å². The molecule has 0 unspecified atom stereocenters. The third-order valence-electron chi connectivity index (χ3n) is 2.32. The SMILES string of the molecule is CCNC(=NCc1sc(C)nc1C)NCCSC.I. The number of rotatable bonds is 6. The molecule has 0 fully saturated rings. The molecule has 4 nitrogen and oxygen atoms in total. The van der Waals surface area contributed by atoms with Gasteiger partial charge in [-0.25, -0.2) is 9.98 Å². The molecule has 1 heterocycles. The molecule has 0 atom stereocenters. The smallest absolute Gasteiger partial charge is 0.191 e. The summed E-state index contributed by atoms with van der Waals surface area (Å²) in [6.45, 7) is 8.68. The van der Waals surface area contributed by atoms with Gasteiger partial charge in [-0.05, 0) is 27.0 Å². The summed E-state index contributed by atoms with van der Waals surface area (Å²) in [6, 6.07) is 0. The number of aliphatic imine (C=N–C) groups is 1. The highest BCUT2D eigenvalue weighted by Gasteiger charge is 2.04. The molecule has 0 aliphatic carbocycles. The lowest BCUT2D eigenvalue weighted by Crippen LogP contribution is -2.38.